The number of furan rings is 1. The molecule has 7 aromatic carbocycles. The zero-order valence-corrected chi connectivity index (χ0v) is 26.8. The summed E-state index contributed by atoms with van der Waals surface area (Å²) in [7, 11) is 0. The van der Waals surface area contributed by atoms with Crippen molar-refractivity contribution in [2.45, 2.75) is 0 Å². The molecule has 3 heterocycles. The van der Waals surface area contributed by atoms with E-state index in [-0.39, 0.29) is 22.3 Å². The largest absolute Gasteiger partial charge is 0.456 e. The minimum atomic E-state index is -0.553. The summed E-state index contributed by atoms with van der Waals surface area (Å²) >= 11 is 1.33. The van der Waals surface area contributed by atoms with Crippen LogP contribution in [0.4, 0.5) is 0 Å². The molecule has 0 bridgehead atoms. The van der Waals surface area contributed by atoms with Gasteiger partial charge in [-0.2, -0.15) is 0 Å². The second-order valence-corrected chi connectivity index (χ2v) is 12.7. The Balaban J connectivity index is 1.29. The summed E-state index contributed by atoms with van der Waals surface area (Å²) in [4.78, 5) is 15.0. The molecule has 0 aliphatic carbocycles. The number of aromatic nitrogens is 3. The highest BCUT2D eigenvalue weighted by Gasteiger charge is 2.20. The number of fused-ring (bicyclic) bond motifs is 6. The summed E-state index contributed by atoms with van der Waals surface area (Å²) < 4.78 is 93.6. The van der Waals surface area contributed by atoms with Gasteiger partial charge >= 0.3 is 0 Å². The van der Waals surface area contributed by atoms with Crippen molar-refractivity contribution in [2.75, 3.05) is 0 Å². The molecule has 0 atom stereocenters. The Bertz CT molecular complexity index is 3400. The molecule has 10 rings (SSSR count). The Kier molecular flexibility index (Phi) is 4.69. The Morgan fingerprint density at radius 2 is 1.16 bits per heavy atom. The van der Waals surface area contributed by atoms with Gasteiger partial charge in [0.15, 0.2) is 17.5 Å². The quantitative estimate of drug-likeness (QED) is 0.183. The van der Waals surface area contributed by atoms with E-state index in [1.807, 2.05) is 91.0 Å². The maximum absolute atomic E-state index is 8.95. The summed E-state index contributed by atoms with van der Waals surface area (Å²) in [5.74, 6) is 1.13. The molecule has 0 amide bonds. The first-order valence-electron chi connectivity index (χ1n) is 20.8. The topological polar surface area (TPSA) is 51.8 Å². The Morgan fingerprint density at radius 1 is 0.460 bits per heavy atom. The molecule has 0 fully saturated rings. The van der Waals surface area contributed by atoms with Crippen molar-refractivity contribution in [1.29, 1.82) is 0 Å². The van der Waals surface area contributed by atoms with Crippen molar-refractivity contribution in [2.24, 2.45) is 0 Å². The van der Waals surface area contributed by atoms with Gasteiger partial charge in [0, 0.05) is 53.2 Å². The second kappa shape index (κ2) is 11.6. The Hall–Kier alpha value is -6.43. The van der Waals surface area contributed by atoms with E-state index < -0.39 is 60.4 Å². The first-order chi connectivity index (χ1) is 28.9. The number of hydrogen-bond donors (Lipinski definition) is 0. The van der Waals surface area contributed by atoms with Gasteiger partial charge in [-0.3, -0.25) is 0 Å². The fourth-order valence-electron chi connectivity index (χ4n) is 6.43. The number of thiophene rings is 1. The van der Waals surface area contributed by atoms with Gasteiger partial charge in [0.1, 0.15) is 11.2 Å². The highest BCUT2D eigenvalue weighted by Crippen LogP contribution is 2.46. The van der Waals surface area contributed by atoms with E-state index >= 15 is 0 Å². The highest BCUT2D eigenvalue weighted by atomic mass is 32.1. The molecule has 5 heteroatoms. The molecule has 0 aliphatic rings. The predicted molar refractivity (Wildman–Crippen MR) is 207 cm³/mol. The monoisotopic (exact) mass is 667 g/mol. The summed E-state index contributed by atoms with van der Waals surface area (Å²) in [5, 5.41) is 3.14. The predicted octanol–water partition coefficient (Wildman–Crippen LogP) is 12.5. The van der Waals surface area contributed by atoms with Crippen LogP contribution in [0.2, 0.25) is 0 Å². The van der Waals surface area contributed by atoms with Crippen molar-refractivity contribution in [1.82, 2.24) is 15.0 Å². The summed E-state index contributed by atoms with van der Waals surface area (Å²) in [6.45, 7) is 0. The van der Waals surface area contributed by atoms with E-state index in [1.54, 1.807) is 12.1 Å². The zero-order chi connectivity index (χ0) is 41.7. The summed E-state index contributed by atoms with van der Waals surface area (Å²) in [6.07, 6.45) is 0. The fourth-order valence-corrected chi connectivity index (χ4v) is 7.66. The molecule has 4 nitrogen and oxygen atoms in total. The third kappa shape index (κ3) is 4.79. The van der Waals surface area contributed by atoms with Crippen LogP contribution < -0.4 is 0 Å². The van der Waals surface area contributed by atoms with Gasteiger partial charge in [-0.25, -0.2) is 15.0 Å². The molecular weight excluding hydrogens is 631 g/mol. The van der Waals surface area contributed by atoms with Crippen molar-refractivity contribution in [3.63, 3.8) is 0 Å². The maximum Gasteiger partial charge on any atom is 0.164 e. The molecule has 0 N–H and O–H groups in total. The van der Waals surface area contributed by atoms with E-state index in [9.17, 15) is 0 Å². The van der Waals surface area contributed by atoms with E-state index in [4.69, 9.17) is 33.1 Å². The average Bonchev–Trinajstić information content (AvgIpc) is 3.85. The number of benzene rings is 7. The average molecular weight is 668 g/mol. The number of para-hydroxylation sites is 1. The van der Waals surface area contributed by atoms with Crippen LogP contribution in [-0.2, 0) is 0 Å². The molecule has 50 heavy (non-hydrogen) atoms. The lowest BCUT2D eigenvalue weighted by molar-refractivity contribution is 0.669. The molecule has 0 aliphatic heterocycles. The number of rotatable bonds is 5. The van der Waals surface area contributed by atoms with Crippen LogP contribution in [0, 0.1) is 0 Å². The van der Waals surface area contributed by atoms with Crippen LogP contribution in [0.5, 0.6) is 0 Å². The SMILES string of the molecule is [2H]c1c([2H])c([2H])c(-c2cc(-c3c([2H])c([2H])c([2H])c([2H])c3[2H])c3sc4cccc(-c5nc(-c6ccccc6)nc(-c6ccc7c(c6)oc6ccccc67)n5)c4c3c2)c([2H])c1[2H]. The third-order valence-electron chi connectivity index (χ3n) is 8.70. The first kappa shape index (κ1) is 20.2. The number of hydrogen-bond acceptors (Lipinski definition) is 5. The van der Waals surface area contributed by atoms with Crippen molar-refractivity contribution in [3.8, 4) is 56.4 Å². The van der Waals surface area contributed by atoms with E-state index in [0.29, 0.717) is 49.7 Å². The lowest BCUT2D eigenvalue weighted by Crippen LogP contribution is -2.00. The summed E-state index contributed by atoms with van der Waals surface area (Å²) in [6, 6.07) is 27.1. The lowest BCUT2D eigenvalue weighted by Gasteiger charge is -2.11. The van der Waals surface area contributed by atoms with Gasteiger partial charge in [0.2, 0.25) is 0 Å². The highest BCUT2D eigenvalue weighted by molar-refractivity contribution is 7.26. The van der Waals surface area contributed by atoms with Crippen molar-refractivity contribution >= 4 is 53.4 Å². The molecule has 10 aromatic rings. The van der Waals surface area contributed by atoms with Crippen LogP contribution in [0.25, 0.3) is 98.5 Å². The van der Waals surface area contributed by atoms with Crippen LogP contribution in [0.15, 0.2) is 168 Å². The van der Waals surface area contributed by atoms with Gasteiger partial charge in [-0.05, 0) is 53.1 Å². The Morgan fingerprint density at radius 3 is 1.98 bits per heavy atom. The molecule has 0 spiro atoms. The van der Waals surface area contributed by atoms with Gasteiger partial charge in [-0.1, -0.05) is 127 Å². The van der Waals surface area contributed by atoms with Gasteiger partial charge in [-0.15, -0.1) is 11.3 Å². The van der Waals surface area contributed by atoms with Gasteiger partial charge < -0.3 is 4.42 Å². The van der Waals surface area contributed by atoms with Gasteiger partial charge in [0.25, 0.3) is 0 Å². The van der Waals surface area contributed by atoms with Crippen molar-refractivity contribution < 1.29 is 18.1 Å². The molecular formula is C45H27N3OS. The maximum atomic E-state index is 8.95. The second-order valence-electron chi connectivity index (χ2n) is 11.7. The standard InChI is InChI=1S/C45H27N3OS/c1-4-13-28(14-5-1)32-25-36(29-15-6-2-7-16-29)42-37(26-32)41-35(20-12-22-40(41)50-42)45-47-43(30-17-8-3-9-18-30)46-44(48-45)31-23-24-34-33-19-10-11-21-38(33)49-39(34)27-31/h1-27H/i1D,2D,4D,5D,6D,7D,13D,14D,15D,16D. The van der Waals surface area contributed by atoms with Crippen molar-refractivity contribution in [3.05, 3.63) is 164 Å². The van der Waals surface area contributed by atoms with Crippen LogP contribution in [0.1, 0.15) is 13.7 Å². The first-order valence-corrected chi connectivity index (χ1v) is 16.6. The molecule has 0 saturated heterocycles. The van der Waals surface area contributed by atoms with Gasteiger partial charge in [0.05, 0.1) is 13.7 Å². The smallest absolute Gasteiger partial charge is 0.164 e. The molecule has 0 radical (unpaired) electrons. The minimum Gasteiger partial charge on any atom is -0.456 e. The molecule has 0 saturated carbocycles. The zero-order valence-electron chi connectivity index (χ0n) is 36.0. The summed E-state index contributed by atoms with van der Waals surface area (Å²) in [5.41, 5.74) is 3.74. The van der Waals surface area contributed by atoms with Crippen LogP contribution >= 0.6 is 11.3 Å². The third-order valence-corrected chi connectivity index (χ3v) is 9.90. The van der Waals surface area contributed by atoms with E-state index in [0.717, 1.165) is 26.6 Å². The normalized spacial score (nSPS) is 14.4. The fraction of sp³-hybridized carbons (Fsp3) is 0. The minimum absolute atomic E-state index is 0.0805. The van der Waals surface area contributed by atoms with Crippen LogP contribution in [0.3, 0.4) is 0 Å². The Labute approximate surface area is 306 Å². The van der Waals surface area contributed by atoms with Crippen LogP contribution in [-0.4, -0.2) is 15.0 Å². The molecule has 234 valence electrons. The van der Waals surface area contributed by atoms with E-state index in [2.05, 4.69) is 0 Å². The van der Waals surface area contributed by atoms with E-state index in [1.165, 1.54) is 11.3 Å². The molecule has 0 unspecified atom stereocenters. The lowest BCUT2D eigenvalue weighted by atomic mass is 9.95. The number of nitrogens with zero attached hydrogens (tertiary/aromatic N) is 3. The molecule has 3 aromatic heterocycles.